The van der Waals surface area contributed by atoms with Crippen LogP contribution in [0.15, 0.2) is 48.5 Å². The Hall–Kier alpha value is -2.78. The van der Waals surface area contributed by atoms with Gasteiger partial charge in [-0.3, -0.25) is 13.9 Å². The number of halogens is 1. The van der Waals surface area contributed by atoms with Crippen molar-refractivity contribution in [2.45, 2.75) is 45.8 Å². The molecule has 0 aliphatic carbocycles. The van der Waals surface area contributed by atoms with Crippen LogP contribution in [0.5, 0.6) is 5.75 Å². The normalized spacial score (nSPS) is 13.0. The number of sulfonamides is 1. The van der Waals surface area contributed by atoms with Crippen molar-refractivity contribution in [3.05, 3.63) is 59.1 Å². The molecule has 0 saturated carbocycles. The lowest BCUT2D eigenvalue weighted by Crippen LogP contribution is -2.52. The Morgan fingerprint density at radius 1 is 1.12 bits per heavy atom. The molecule has 0 aliphatic heterocycles. The van der Waals surface area contributed by atoms with Crippen molar-refractivity contribution in [1.82, 2.24) is 10.2 Å². The molecule has 186 valence electrons. The number of benzene rings is 2. The highest BCUT2D eigenvalue weighted by Crippen LogP contribution is 2.23. The molecule has 2 amide bonds. The van der Waals surface area contributed by atoms with E-state index in [9.17, 15) is 18.0 Å². The number of methoxy groups -OCH3 is 1. The largest absolute Gasteiger partial charge is 0.497 e. The number of nitrogens with one attached hydrogen (secondary N) is 1. The number of hydrogen-bond donors (Lipinski definition) is 1. The molecule has 0 bridgehead atoms. The summed E-state index contributed by atoms with van der Waals surface area (Å²) in [5, 5.41) is 3.23. The lowest BCUT2D eigenvalue weighted by atomic mass is 10.1. The number of carbonyl (C=O) groups is 2. The Morgan fingerprint density at radius 3 is 2.29 bits per heavy atom. The Morgan fingerprint density at radius 2 is 1.76 bits per heavy atom. The highest BCUT2D eigenvalue weighted by atomic mass is 35.5. The summed E-state index contributed by atoms with van der Waals surface area (Å²) in [6.07, 6.45) is 1.76. The zero-order valence-electron chi connectivity index (χ0n) is 20.1. The Bertz CT molecular complexity index is 1090. The minimum Gasteiger partial charge on any atom is -0.497 e. The fraction of sp³-hybridized carbons (Fsp3) is 0.417. The van der Waals surface area contributed by atoms with Crippen LogP contribution in [0.3, 0.4) is 0 Å². The Labute approximate surface area is 206 Å². The monoisotopic (exact) mass is 509 g/mol. The molecule has 0 aromatic heterocycles. The molecule has 0 spiro atoms. The third-order valence-electron chi connectivity index (χ3n) is 5.46. The van der Waals surface area contributed by atoms with Crippen molar-refractivity contribution >= 4 is 39.1 Å². The lowest BCUT2D eigenvalue weighted by Gasteiger charge is -2.32. The van der Waals surface area contributed by atoms with Gasteiger partial charge in [0.25, 0.3) is 0 Å². The molecule has 0 heterocycles. The standard InChI is InChI=1S/C24H32ClN3O5S/c1-6-17(2)26-24(30)18(3)27(15-19-10-12-22(33-4)13-11-19)23(29)16-28(34(5,31)32)21-9-7-8-20(25)14-21/h7-14,17-18H,6,15-16H2,1-5H3,(H,26,30)/t17-,18-/m1/s1. The van der Waals surface area contributed by atoms with Crippen LogP contribution in [0.1, 0.15) is 32.8 Å². The predicted molar refractivity (Wildman–Crippen MR) is 135 cm³/mol. The van der Waals surface area contributed by atoms with Crippen LogP contribution in [0, 0.1) is 0 Å². The summed E-state index contributed by atoms with van der Waals surface area (Å²) in [5.41, 5.74) is 1.04. The molecule has 0 saturated heterocycles. The molecule has 1 N–H and O–H groups in total. The van der Waals surface area contributed by atoms with Gasteiger partial charge in [0.1, 0.15) is 18.3 Å². The van der Waals surface area contributed by atoms with Gasteiger partial charge in [0.15, 0.2) is 0 Å². The Kier molecular flexibility index (Phi) is 9.76. The first-order valence-electron chi connectivity index (χ1n) is 10.9. The van der Waals surface area contributed by atoms with E-state index in [-0.39, 0.29) is 24.2 Å². The summed E-state index contributed by atoms with van der Waals surface area (Å²) in [6.45, 7) is 5.10. The summed E-state index contributed by atoms with van der Waals surface area (Å²) in [7, 11) is -2.25. The molecule has 0 fully saturated rings. The van der Waals surface area contributed by atoms with Gasteiger partial charge >= 0.3 is 0 Å². The van der Waals surface area contributed by atoms with Crippen molar-refractivity contribution in [3.63, 3.8) is 0 Å². The number of carbonyl (C=O) groups excluding carboxylic acids is 2. The third-order valence-corrected chi connectivity index (χ3v) is 6.83. The highest BCUT2D eigenvalue weighted by Gasteiger charge is 2.30. The van der Waals surface area contributed by atoms with Crippen LogP contribution in [0.4, 0.5) is 5.69 Å². The van der Waals surface area contributed by atoms with Gasteiger partial charge < -0.3 is 15.0 Å². The first-order chi connectivity index (χ1) is 16.0. The van der Waals surface area contributed by atoms with E-state index in [2.05, 4.69) is 5.32 Å². The van der Waals surface area contributed by atoms with E-state index in [1.54, 1.807) is 56.5 Å². The number of amides is 2. The van der Waals surface area contributed by atoms with Crippen LogP contribution in [-0.4, -0.2) is 57.1 Å². The smallest absolute Gasteiger partial charge is 0.244 e. The maximum atomic E-state index is 13.5. The first kappa shape index (κ1) is 27.5. The number of rotatable bonds is 11. The van der Waals surface area contributed by atoms with Crippen molar-refractivity contribution in [3.8, 4) is 5.75 Å². The van der Waals surface area contributed by atoms with Gasteiger partial charge in [0.2, 0.25) is 21.8 Å². The van der Waals surface area contributed by atoms with Crippen LogP contribution >= 0.6 is 11.6 Å². The summed E-state index contributed by atoms with van der Waals surface area (Å²) < 4.78 is 31.2. The minimum absolute atomic E-state index is 0.0631. The first-order valence-corrected chi connectivity index (χ1v) is 13.1. The second-order valence-corrected chi connectivity index (χ2v) is 10.5. The second-order valence-electron chi connectivity index (χ2n) is 8.11. The summed E-state index contributed by atoms with van der Waals surface area (Å²) in [4.78, 5) is 27.7. The molecular weight excluding hydrogens is 478 g/mol. The van der Waals surface area contributed by atoms with Crippen LogP contribution in [0.25, 0.3) is 0 Å². The highest BCUT2D eigenvalue weighted by molar-refractivity contribution is 7.92. The van der Waals surface area contributed by atoms with Gasteiger partial charge in [0.05, 0.1) is 19.1 Å². The zero-order chi connectivity index (χ0) is 25.5. The number of anilines is 1. The van der Waals surface area contributed by atoms with E-state index in [0.717, 1.165) is 22.5 Å². The molecule has 34 heavy (non-hydrogen) atoms. The molecule has 0 radical (unpaired) electrons. The van der Waals surface area contributed by atoms with Gasteiger partial charge in [-0.15, -0.1) is 0 Å². The van der Waals surface area contributed by atoms with E-state index in [1.807, 2.05) is 13.8 Å². The van der Waals surface area contributed by atoms with Crippen LogP contribution < -0.4 is 14.4 Å². The fourth-order valence-corrected chi connectivity index (χ4v) is 4.25. The van der Waals surface area contributed by atoms with Gasteiger partial charge in [-0.1, -0.05) is 36.7 Å². The van der Waals surface area contributed by atoms with Crippen molar-refractivity contribution in [2.24, 2.45) is 0 Å². The minimum atomic E-state index is -3.80. The molecule has 8 nitrogen and oxygen atoms in total. The summed E-state index contributed by atoms with van der Waals surface area (Å²) in [6, 6.07) is 12.5. The quantitative estimate of drug-likeness (QED) is 0.500. The lowest BCUT2D eigenvalue weighted by molar-refractivity contribution is -0.139. The SMILES string of the molecule is CC[C@@H](C)NC(=O)[C@@H](C)N(Cc1ccc(OC)cc1)C(=O)CN(c1cccc(Cl)c1)S(C)(=O)=O. The number of nitrogens with zero attached hydrogens (tertiary/aromatic N) is 2. The summed E-state index contributed by atoms with van der Waals surface area (Å²) >= 11 is 6.04. The van der Waals surface area contributed by atoms with Gasteiger partial charge in [0, 0.05) is 17.6 Å². The maximum absolute atomic E-state index is 13.5. The molecule has 2 atom stereocenters. The van der Waals surface area contributed by atoms with Gasteiger partial charge in [-0.2, -0.15) is 0 Å². The Balaban J connectivity index is 2.37. The van der Waals surface area contributed by atoms with Crippen molar-refractivity contribution in [1.29, 1.82) is 0 Å². The van der Waals surface area contributed by atoms with Crippen LogP contribution in [-0.2, 0) is 26.2 Å². The number of hydrogen-bond acceptors (Lipinski definition) is 5. The molecular formula is C24H32ClN3O5S. The van der Waals surface area contributed by atoms with E-state index in [0.29, 0.717) is 10.8 Å². The zero-order valence-corrected chi connectivity index (χ0v) is 21.7. The average molecular weight is 510 g/mol. The van der Waals surface area contributed by atoms with Gasteiger partial charge in [-0.05, 0) is 56.2 Å². The maximum Gasteiger partial charge on any atom is 0.244 e. The van der Waals surface area contributed by atoms with Gasteiger partial charge in [-0.25, -0.2) is 8.42 Å². The number of ether oxygens (including phenoxy) is 1. The molecule has 2 rings (SSSR count). The molecule has 10 heteroatoms. The van der Waals surface area contributed by atoms with Crippen molar-refractivity contribution in [2.75, 3.05) is 24.2 Å². The second kappa shape index (κ2) is 12.1. The average Bonchev–Trinajstić information content (AvgIpc) is 2.79. The molecule has 0 aliphatic rings. The van der Waals surface area contributed by atoms with E-state index in [1.165, 1.54) is 11.0 Å². The summed E-state index contributed by atoms with van der Waals surface area (Å²) in [5.74, 6) is -0.175. The molecule has 2 aromatic carbocycles. The fourth-order valence-electron chi connectivity index (χ4n) is 3.22. The molecule has 2 aromatic rings. The van der Waals surface area contributed by atoms with E-state index in [4.69, 9.17) is 16.3 Å². The molecule has 0 unspecified atom stereocenters. The third kappa shape index (κ3) is 7.63. The van der Waals surface area contributed by atoms with Crippen molar-refractivity contribution < 1.29 is 22.7 Å². The topological polar surface area (TPSA) is 96.0 Å². The van der Waals surface area contributed by atoms with E-state index < -0.39 is 28.5 Å². The van der Waals surface area contributed by atoms with Crippen LogP contribution in [0.2, 0.25) is 5.02 Å². The predicted octanol–water partition coefficient (Wildman–Crippen LogP) is 3.45. The van der Waals surface area contributed by atoms with E-state index >= 15 is 0 Å².